The van der Waals surface area contributed by atoms with Crippen molar-refractivity contribution in [3.63, 3.8) is 0 Å². The van der Waals surface area contributed by atoms with Crippen LogP contribution in [0.25, 0.3) is 0 Å². The molecule has 1 saturated carbocycles. The molecule has 1 aliphatic rings. The normalized spacial score (nSPS) is 29.9. The first kappa shape index (κ1) is 18.6. The molecule has 1 aromatic carbocycles. The Hall–Kier alpha value is -1.73. The quantitative estimate of drug-likeness (QED) is 0.616. The molecule has 0 radical (unpaired) electrons. The third kappa shape index (κ3) is 3.37. The van der Waals surface area contributed by atoms with E-state index in [1.165, 1.54) is 21.1 Å². The highest BCUT2D eigenvalue weighted by molar-refractivity contribution is 9.10. The summed E-state index contributed by atoms with van der Waals surface area (Å²) >= 11 is 3.34. The number of hydrogen-bond acceptors (Lipinski definition) is 6. The van der Waals surface area contributed by atoms with Gasteiger partial charge in [-0.15, -0.1) is 0 Å². The van der Waals surface area contributed by atoms with Gasteiger partial charge in [-0.1, -0.05) is 28.1 Å². The van der Waals surface area contributed by atoms with Crippen molar-refractivity contribution in [1.29, 1.82) is 0 Å². The van der Waals surface area contributed by atoms with E-state index in [4.69, 9.17) is 9.47 Å². The van der Waals surface area contributed by atoms with Gasteiger partial charge in [0.15, 0.2) is 5.78 Å². The number of carbonyl (C=O) groups excluding carboxylic acids is 3. The third-order valence-corrected chi connectivity index (χ3v) is 4.90. The maximum Gasteiger partial charge on any atom is 0.316 e. The number of hydrogen-bond donors (Lipinski definition) is 1. The van der Waals surface area contributed by atoms with E-state index >= 15 is 0 Å². The molecule has 0 aromatic heterocycles. The van der Waals surface area contributed by atoms with Crippen LogP contribution in [0.4, 0.5) is 0 Å². The first-order chi connectivity index (χ1) is 11.2. The van der Waals surface area contributed by atoms with Crippen molar-refractivity contribution in [3.8, 4) is 0 Å². The predicted octanol–water partition coefficient (Wildman–Crippen LogP) is 1.83. The second-order valence-corrected chi connectivity index (χ2v) is 7.00. The zero-order valence-corrected chi connectivity index (χ0v) is 15.2. The van der Waals surface area contributed by atoms with Crippen LogP contribution in [0.15, 0.2) is 28.7 Å². The van der Waals surface area contributed by atoms with E-state index in [1.807, 2.05) is 0 Å². The van der Waals surface area contributed by atoms with Crippen molar-refractivity contribution in [3.05, 3.63) is 34.3 Å². The molecule has 1 N–H and O–H groups in total. The van der Waals surface area contributed by atoms with Gasteiger partial charge in [0.25, 0.3) is 0 Å². The van der Waals surface area contributed by atoms with Crippen molar-refractivity contribution < 1.29 is 29.0 Å². The van der Waals surface area contributed by atoms with Gasteiger partial charge in [-0.05, 0) is 24.6 Å². The minimum absolute atomic E-state index is 0.322. The van der Waals surface area contributed by atoms with Crippen LogP contribution in [-0.2, 0) is 23.9 Å². The lowest BCUT2D eigenvalue weighted by atomic mass is 9.62. The Morgan fingerprint density at radius 2 is 1.88 bits per heavy atom. The third-order valence-electron chi connectivity index (χ3n) is 4.41. The van der Waals surface area contributed by atoms with E-state index < -0.39 is 41.1 Å². The molecule has 0 bridgehead atoms. The summed E-state index contributed by atoms with van der Waals surface area (Å²) in [7, 11) is 2.40. The van der Waals surface area contributed by atoms with Crippen LogP contribution in [0.5, 0.6) is 0 Å². The van der Waals surface area contributed by atoms with Crippen LogP contribution in [0.1, 0.15) is 24.8 Å². The minimum Gasteiger partial charge on any atom is -0.469 e. The number of rotatable bonds is 3. The molecule has 6 nitrogen and oxygen atoms in total. The number of Topliss-reactive ketones (excluding diaryl/α,β-unsaturated/α-hetero) is 1. The van der Waals surface area contributed by atoms with Gasteiger partial charge in [-0.3, -0.25) is 14.4 Å². The van der Waals surface area contributed by atoms with Crippen LogP contribution in [0.3, 0.4) is 0 Å². The van der Waals surface area contributed by atoms with Gasteiger partial charge in [0.2, 0.25) is 0 Å². The van der Waals surface area contributed by atoms with Crippen LogP contribution in [-0.4, -0.2) is 42.6 Å². The first-order valence-electron chi connectivity index (χ1n) is 7.39. The van der Waals surface area contributed by atoms with E-state index in [9.17, 15) is 19.5 Å². The zero-order valence-electron chi connectivity index (χ0n) is 13.6. The van der Waals surface area contributed by atoms with Gasteiger partial charge in [0, 0.05) is 16.8 Å². The molecule has 0 saturated heterocycles. The van der Waals surface area contributed by atoms with E-state index in [0.717, 1.165) is 4.47 Å². The Morgan fingerprint density at radius 1 is 1.25 bits per heavy atom. The molecule has 1 aromatic rings. The van der Waals surface area contributed by atoms with E-state index in [2.05, 4.69) is 15.9 Å². The number of ketones is 1. The number of halogens is 1. The summed E-state index contributed by atoms with van der Waals surface area (Å²) < 4.78 is 10.3. The lowest BCUT2D eigenvalue weighted by Crippen LogP contribution is -2.55. The minimum atomic E-state index is -1.62. The van der Waals surface area contributed by atoms with Crippen LogP contribution >= 0.6 is 15.9 Å². The summed E-state index contributed by atoms with van der Waals surface area (Å²) in [6, 6.07) is 6.93. The topological polar surface area (TPSA) is 89.9 Å². The van der Waals surface area contributed by atoms with Gasteiger partial charge < -0.3 is 14.6 Å². The van der Waals surface area contributed by atoms with E-state index in [1.54, 1.807) is 24.3 Å². The molecule has 0 heterocycles. The highest BCUT2D eigenvalue weighted by Crippen LogP contribution is 2.46. The Kier molecular flexibility index (Phi) is 5.45. The summed E-state index contributed by atoms with van der Waals surface area (Å²) in [4.78, 5) is 37.1. The summed E-state index contributed by atoms with van der Waals surface area (Å²) in [6.07, 6.45) is -0.322. The van der Waals surface area contributed by atoms with Crippen molar-refractivity contribution in [2.45, 2.75) is 24.9 Å². The highest BCUT2D eigenvalue weighted by Gasteiger charge is 2.56. The monoisotopic (exact) mass is 398 g/mol. The van der Waals surface area contributed by atoms with Crippen molar-refractivity contribution >= 4 is 33.7 Å². The standard InChI is InChI=1S/C17H19BrO6/c1-17(22)8-11(19)13(15(20)23-2)12(14(17)16(21)24-3)9-5-4-6-10(18)7-9/h4-7,12-14,22H,8H2,1-3H3/t12-,13-,14+,17-/m1/s1. The lowest BCUT2D eigenvalue weighted by molar-refractivity contribution is -0.170. The number of ether oxygens (including phenoxy) is 2. The molecular weight excluding hydrogens is 380 g/mol. The fraction of sp³-hybridized carbons (Fsp3) is 0.471. The highest BCUT2D eigenvalue weighted by atomic mass is 79.9. The molecule has 0 spiro atoms. The van der Waals surface area contributed by atoms with Crippen molar-refractivity contribution in [1.82, 2.24) is 0 Å². The molecule has 0 unspecified atom stereocenters. The second kappa shape index (κ2) is 7.03. The number of esters is 2. The molecule has 0 aliphatic heterocycles. The maximum atomic E-state index is 12.5. The van der Waals surface area contributed by atoms with Gasteiger partial charge in [0.1, 0.15) is 5.92 Å². The van der Waals surface area contributed by atoms with Crippen LogP contribution < -0.4 is 0 Å². The second-order valence-electron chi connectivity index (χ2n) is 6.08. The Morgan fingerprint density at radius 3 is 2.42 bits per heavy atom. The smallest absolute Gasteiger partial charge is 0.316 e. The summed E-state index contributed by atoms with van der Waals surface area (Å²) in [6.45, 7) is 1.41. The van der Waals surface area contributed by atoms with E-state index in [-0.39, 0.29) is 6.42 Å². The van der Waals surface area contributed by atoms with Gasteiger partial charge >= 0.3 is 11.9 Å². The Bertz CT molecular complexity index is 669. The van der Waals surface area contributed by atoms with Crippen molar-refractivity contribution in [2.24, 2.45) is 11.8 Å². The first-order valence-corrected chi connectivity index (χ1v) is 8.18. The molecule has 1 fully saturated rings. The van der Waals surface area contributed by atoms with Crippen LogP contribution in [0, 0.1) is 11.8 Å². The average Bonchev–Trinajstić information content (AvgIpc) is 2.52. The molecule has 7 heteroatoms. The maximum absolute atomic E-state index is 12.5. The summed E-state index contributed by atoms with van der Waals surface area (Å²) in [5.74, 6) is -4.98. The van der Waals surface area contributed by atoms with Crippen molar-refractivity contribution in [2.75, 3.05) is 14.2 Å². The average molecular weight is 399 g/mol. The van der Waals surface area contributed by atoms with Crippen LogP contribution in [0.2, 0.25) is 0 Å². The summed E-state index contributed by atoms with van der Waals surface area (Å²) in [5.41, 5.74) is -1.05. The predicted molar refractivity (Wildman–Crippen MR) is 88.1 cm³/mol. The zero-order chi connectivity index (χ0) is 18.1. The SMILES string of the molecule is COC(=O)[C@@H]1C(=O)C[C@@](C)(O)[C@H](C(=O)OC)[C@@H]1c1cccc(Br)c1. The van der Waals surface area contributed by atoms with Gasteiger partial charge in [-0.2, -0.15) is 0 Å². The molecule has 1 aliphatic carbocycles. The molecular formula is C17H19BrO6. The summed E-state index contributed by atoms with van der Waals surface area (Å²) in [5, 5.41) is 10.7. The van der Waals surface area contributed by atoms with Gasteiger partial charge in [-0.25, -0.2) is 0 Å². The molecule has 0 amide bonds. The molecule has 130 valence electrons. The van der Waals surface area contributed by atoms with Gasteiger partial charge in [0.05, 0.1) is 25.7 Å². The number of benzene rings is 1. The fourth-order valence-electron chi connectivity index (χ4n) is 3.38. The largest absolute Gasteiger partial charge is 0.469 e. The lowest BCUT2D eigenvalue weighted by Gasteiger charge is -2.43. The molecule has 4 atom stereocenters. The molecule has 24 heavy (non-hydrogen) atoms. The Balaban J connectivity index is 2.65. The fourth-order valence-corrected chi connectivity index (χ4v) is 3.80. The number of aliphatic hydroxyl groups is 1. The Labute approximate surface area is 148 Å². The van der Waals surface area contributed by atoms with E-state index in [0.29, 0.717) is 5.56 Å². The number of carbonyl (C=O) groups is 3. The molecule has 2 rings (SSSR count). The number of methoxy groups -OCH3 is 2.